The van der Waals surface area contributed by atoms with Crippen molar-refractivity contribution < 1.29 is 18.3 Å². The molecule has 3 N–H and O–H groups in total. The molecule has 148 valence electrons. The largest absolute Gasteiger partial charge is 0.418 e. The van der Waals surface area contributed by atoms with Crippen molar-refractivity contribution in [1.82, 2.24) is 24.7 Å². The summed E-state index contributed by atoms with van der Waals surface area (Å²) in [5, 5.41) is 16.1. The number of pyridine rings is 1. The van der Waals surface area contributed by atoms with Gasteiger partial charge in [-0.1, -0.05) is 6.07 Å². The number of hydrogen-bond acceptors (Lipinski definition) is 6. The molecule has 1 aliphatic heterocycles. The van der Waals surface area contributed by atoms with Gasteiger partial charge in [0.15, 0.2) is 6.10 Å². The maximum Gasteiger partial charge on any atom is 0.418 e. The molecule has 0 aliphatic carbocycles. The summed E-state index contributed by atoms with van der Waals surface area (Å²) in [7, 11) is 0. The minimum absolute atomic E-state index is 0.222. The normalized spacial score (nSPS) is 18.9. The van der Waals surface area contributed by atoms with Crippen LogP contribution in [0.5, 0.6) is 0 Å². The highest BCUT2D eigenvalue weighted by atomic mass is 19.4. The third kappa shape index (κ3) is 3.78. The maximum absolute atomic E-state index is 12.9. The number of anilines is 1. The molecule has 0 bridgehead atoms. The number of aliphatic hydroxyl groups is 1. The molecule has 3 aromatic heterocycles. The number of imidazole rings is 1. The summed E-state index contributed by atoms with van der Waals surface area (Å²) in [4.78, 5) is 12.9. The van der Waals surface area contributed by atoms with Crippen LogP contribution in [-0.4, -0.2) is 49.8 Å². The van der Waals surface area contributed by atoms with Crippen LogP contribution in [0.3, 0.4) is 0 Å². The average Bonchev–Trinajstić information content (AvgIpc) is 3.11. The standard InChI is InChI=1S/C18H19F3N6O/c19-18(20,21)16(28)11-3-4-15-24-9-14(27(15)10-11)13-5-7-23-17(26-13)25-12-2-1-6-22-8-12/h3-5,7,9-10,12,16,22,28H,1-2,6,8H2,(H,23,25,26). The summed E-state index contributed by atoms with van der Waals surface area (Å²) >= 11 is 0. The average molecular weight is 392 g/mol. The van der Waals surface area contributed by atoms with E-state index in [0.29, 0.717) is 23.0 Å². The van der Waals surface area contributed by atoms with Crippen LogP contribution in [-0.2, 0) is 0 Å². The Labute approximate surface area is 158 Å². The van der Waals surface area contributed by atoms with Crippen molar-refractivity contribution in [2.45, 2.75) is 31.2 Å². The lowest BCUT2D eigenvalue weighted by atomic mass is 10.1. The number of aromatic nitrogens is 4. The van der Waals surface area contributed by atoms with Gasteiger partial charge in [0.05, 0.1) is 17.6 Å². The van der Waals surface area contributed by atoms with Crippen molar-refractivity contribution in [3.8, 4) is 11.4 Å². The van der Waals surface area contributed by atoms with Gasteiger partial charge < -0.3 is 15.7 Å². The van der Waals surface area contributed by atoms with Crippen LogP contribution in [0.1, 0.15) is 24.5 Å². The molecular weight excluding hydrogens is 373 g/mol. The molecule has 7 nitrogen and oxygen atoms in total. The molecule has 4 heterocycles. The number of fused-ring (bicyclic) bond motifs is 1. The van der Waals surface area contributed by atoms with Gasteiger partial charge in [-0.15, -0.1) is 0 Å². The maximum atomic E-state index is 12.9. The van der Waals surface area contributed by atoms with E-state index >= 15 is 0 Å². The zero-order chi connectivity index (χ0) is 19.7. The summed E-state index contributed by atoms with van der Waals surface area (Å²) in [5.41, 5.74) is 1.23. The molecule has 10 heteroatoms. The van der Waals surface area contributed by atoms with E-state index in [2.05, 4.69) is 25.6 Å². The molecule has 1 saturated heterocycles. The molecule has 0 spiro atoms. The Morgan fingerprint density at radius 3 is 2.86 bits per heavy atom. The Bertz CT molecular complexity index is 967. The number of rotatable bonds is 4. The van der Waals surface area contributed by atoms with Crippen LogP contribution in [0.2, 0.25) is 0 Å². The molecule has 1 aliphatic rings. The Hall–Kier alpha value is -2.72. The van der Waals surface area contributed by atoms with Gasteiger partial charge in [0.25, 0.3) is 0 Å². The van der Waals surface area contributed by atoms with E-state index in [0.717, 1.165) is 25.9 Å². The van der Waals surface area contributed by atoms with Crippen molar-refractivity contribution in [2.24, 2.45) is 0 Å². The van der Waals surface area contributed by atoms with Crippen LogP contribution < -0.4 is 10.6 Å². The topological polar surface area (TPSA) is 87.4 Å². The SMILES string of the molecule is OC(c1ccc2ncc(-c3ccnc(NC4CCCNC4)n3)n2c1)C(F)(F)F. The van der Waals surface area contributed by atoms with Crippen molar-refractivity contribution >= 4 is 11.6 Å². The quantitative estimate of drug-likeness (QED) is 0.633. The lowest BCUT2D eigenvalue weighted by Crippen LogP contribution is -2.38. The Kier molecular flexibility index (Phi) is 4.90. The molecule has 4 rings (SSSR count). The number of halogens is 3. The minimum Gasteiger partial charge on any atom is -0.379 e. The molecule has 28 heavy (non-hydrogen) atoms. The number of nitrogens with zero attached hydrogens (tertiary/aromatic N) is 4. The summed E-state index contributed by atoms with van der Waals surface area (Å²) in [6, 6.07) is 4.54. The molecule has 0 amide bonds. The van der Waals surface area contributed by atoms with Gasteiger partial charge in [-0.2, -0.15) is 13.2 Å². The molecule has 1 fully saturated rings. The van der Waals surface area contributed by atoms with E-state index in [9.17, 15) is 18.3 Å². The second kappa shape index (κ2) is 7.36. The summed E-state index contributed by atoms with van der Waals surface area (Å²) in [6.07, 6.45) is -0.871. The third-order valence-corrected chi connectivity index (χ3v) is 4.70. The molecule has 0 aromatic carbocycles. The van der Waals surface area contributed by atoms with Crippen molar-refractivity contribution in [3.05, 3.63) is 42.4 Å². The first-order chi connectivity index (χ1) is 13.4. The molecule has 3 aromatic rings. The number of alkyl halides is 3. The van der Waals surface area contributed by atoms with E-state index in [1.54, 1.807) is 12.3 Å². The van der Waals surface area contributed by atoms with E-state index < -0.39 is 12.3 Å². The fourth-order valence-electron chi connectivity index (χ4n) is 3.27. The second-order valence-corrected chi connectivity index (χ2v) is 6.73. The van der Waals surface area contributed by atoms with Crippen LogP contribution in [0.4, 0.5) is 19.1 Å². The van der Waals surface area contributed by atoms with Gasteiger partial charge in [0.2, 0.25) is 5.95 Å². The smallest absolute Gasteiger partial charge is 0.379 e. The summed E-state index contributed by atoms with van der Waals surface area (Å²) in [5.74, 6) is 0.452. The number of hydrogen-bond donors (Lipinski definition) is 3. The van der Waals surface area contributed by atoms with E-state index in [-0.39, 0.29) is 11.6 Å². The molecule has 0 radical (unpaired) electrons. The van der Waals surface area contributed by atoms with E-state index in [1.165, 1.54) is 28.9 Å². The molecule has 2 unspecified atom stereocenters. The first-order valence-corrected chi connectivity index (χ1v) is 8.94. The predicted octanol–water partition coefficient (Wildman–Crippen LogP) is 2.55. The first kappa shape index (κ1) is 18.6. The highest BCUT2D eigenvalue weighted by Gasteiger charge is 2.39. The van der Waals surface area contributed by atoms with Gasteiger partial charge in [0.1, 0.15) is 5.65 Å². The second-order valence-electron chi connectivity index (χ2n) is 6.73. The van der Waals surface area contributed by atoms with Crippen LogP contribution in [0.15, 0.2) is 36.8 Å². The highest BCUT2D eigenvalue weighted by Crippen LogP contribution is 2.33. The minimum atomic E-state index is -4.74. The fourth-order valence-corrected chi connectivity index (χ4v) is 3.27. The van der Waals surface area contributed by atoms with Crippen LogP contribution in [0.25, 0.3) is 17.0 Å². The first-order valence-electron chi connectivity index (χ1n) is 8.94. The number of piperidine rings is 1. The lowest BCUT2D eigenvalue weighted by molar-refractivity contribution is -0.206. The Morgan fingerprint density at radius 2 is 2.11 bits per heavy atom. The summed E-state index contributed by atoms with van der Waals surface area (Å²) < 4.78 is 40.0. The van der Waals surface area contributed by atoms with Gasteiger partial charge >= 0.3 is 6.18 Å². The Morgan fingerprint density at radius 1 is 1.25 bits per heavy atom. The van der Waals surface area contributed by atoms with Crippen molar-refractivity contribution in [3.63, 3.8) is 0 Å². The zero-order valence-corrected chi connectivity index (χ0v) is 14.8. The van der Waals surface area contributed by atoms with E-state index in [4.69, 9.17) is 0 Å². The molecular formula is C18H19F3N6O. The lowest BCUT2D eigenvalue weighted by Gasteiger charge is -2.23. The van der Waals surface area contributed by atoms with E-state index in [1.807, 2.05) is 0 Å². The number of nitrogens with one attached hydrogen (secondary N) is 2. The predicted molar refractivity (Wildman–Crippen MR) is 96.7 cm³/mol. The van der Waals surface area contributed by atoms with Gasteiger partial charge in [-0.3, -0.25) is 4.40 Å². The summed E-state index contributed by atoms with van der Waals surface area (Å²) in [6.45, 7) is 1.81. The van der Waals surface area contributed by atoms with Crippen molar-refractivity contribution in [2.75, 3.05) is 18.4 Å². The molecule has 0 saturated carbocycles. The van der Waals surface area contributed by atoms with Crippen molar-refractivity contribution in [1.29, 1.82) is 0 Å². The monoisotopic (exact) mass is 392 g/mol. The third-order valence-electron chi connectivity index (χ3n) is 4.70. The Balaban J connectivity index is 1.66. The van der Waals surface area contributed by atoms with Gasteiger partial charge in [0, 0.05) is 30.5 Å². The van der Waals surface area contributed by atoms with Gasteiger partial charge in [-0.25, -0.2) is 15.0 Å². The van der Waals surface area contributed by atoms with Gasteiger partial charge in [-0.05, 0) is 31.5 Å². The molecule has 2 atom stereocenters. The van der Waals surface area contributed by atoms with Crippen LogP contribution >= 0.6 is 0 Å². The number of aliphatic hydroxyl groups excluding tert-OH is 1. The van der Waals surface area contributed by atoms with Crippen LogP contribution in [0, 0.1) is 0 Å². The highest BCUT2D eigenvalue weighted by molar-refractivity contribution is 5.61. The fraction of sp³-hybridized carbons (Fsp3) is 0.389. The zero-order valence-electron chi connectivity index (χ0n) is 14.8.